The van der Waals surface area contributed by atoms with Gasteiger partial charge < -0.3 is 14.8 Å². The Bertz CT molecular complexity index is 864. The molecule has 0 bridgehead atoms. The molecule has 7 nitrogen and oxygen atoms in total. The molecule has 8 heteroatoms. The minimum atomic E-state index is -3.48. The molecule has 0 unspecified atom stereocenters. The van der Waals surface area contributed by atoms with Crippen LogP contribution >= 0.6 is 0 Å². The monoisotopic (exact) mass is 334 g/mol. The van der Waals surface area contributed by atoms with E-state index < -0.39 is 15.9 Å². The summed E-state index contributed by atoms with van der Waals surface area (Å²) in [5.74, 6) is 0.725. The number of rotatable bonds is 4. The minimum Gasteiger partial charge on any atom is -0.454 e. The molecule has 0 saturated heterocycles. The van der Waals surface area contributed by atoms with Crippen LogP contribution in [0.1, 0.15) is 10.4 Å². The second kappa shape index (κ2) is 5.81. The lowest BCUT2D eigenvalue weighted by Crippen LogP contribution is -2.17. The first kappa shape index (κ1) is 15.2. The maximum atomic E-state index is 12.4. The Kier molecular flexibility index (Phi) is 3.83. The Morgan fingerprint density at radius 3 is 2.61 bits per heavy atom. The molecule has 0 atom stereocenters. The number of sulfonamides is 1. The van der Waals surface area contributed by atoms with Crippen LogP contribution in [0.4, 0.5) is 11.4 Å². The third-order valence-electron chi connectivity index (χ3n) is 3.10. The fraction of sp³-hybridized carbons (Fsp3) is 0.133. The molecule has 1 amide bonds. The summed E-state index contributed by atoms with van der Waals surface area (Å²) >= 11 is 0. The van der Waals surface area contributed by atoms with Crippen molar-refractivity contribution in [3.8, 4) is 11.5 Å². The molecule has 2 N–H and O–H groups in total. The highest BCUT2D eigenvalue weighted by Crippen LogP contribution is 2.34. The van der Waals surface area contributed by atoms with E-state index in [1.165, 1.54) is 12.1 Å². The van der Waals surface area contributed by atoms with Crippen molar-refractivity contribution in [1.29, 1.82) is 0 Å². The van der Waals surface area contributed by atoms with Gasteiger partial charge in [-0.15, -0.1) is 0 Å². The van der Waals surface area contributed by atoms with Gasteiger partial charge in [-0.1, -0.05) is 12.1 Å². The summed E-state index contributed by atoms with van der Waals surface area (Å²) in [6.07, 6.45) is 1.03. The number of hydrogen-bond donors (Lipinski definition) is 2. The molecule has 2 aromatic carbocycles. The Balaban J connectivity index is 1.84. The van der Waals surface area contributed by atoms with Gasteiger partial charge in [-0.25, -0.2) is 8.42 Å². The normalized spacial score (nSPS) is 12.7. The van der Waals surface area contributed by atoms with Gasteiger partial charge in [-0.2, -0.15) is 0 Å². The van der Waals surface area contributed by atoms with Crippen molar-refractivity contribution < 1.29 is 22.7 Å². The van der Waals surface area contributed by atoms with Crippen LogP contribution in [0.15, 0.2) is 42.5 Å². The summed E-state index contributed by atoms with van der Waals surface area (Å²) in [6, 6.07) is 11.4. The van der Waals surface area contributed by atoms with Crippen LogP contribution in [-0.2, 0) is 10.0 Å². The van der Waals surface area contributed by atoms with Gasteiger partial charge in [0, 0.05) is 11.8 Å². The van der Waals surface area contributed by atoms with E-state index >= 15 is 0 Å². The summed E-state index contributed by atoms with van der Waals surface area (Å²) in [4.78, 5) is 12.4. The lowest BCUT2D eigenvalue weighted by atomic mass is 10.1. The fourth-order valence-corrected chi connectivity index (χ4v) is 2.72. The Morgan fingerprint density at radius 2 is 1.83 bits per heavy atom. The Hall–Kier alpha value is -2.74. The highest BCUT2D eigenvalue weighted by Gasteiger charge is 2.17. The molecule has 0 fully saturated rings. The van der Waals surface area contributed by atoms with Gasteiger partial charge in [0.2, 0.25) is 16.8 Å². The van der Waals surface area contributed by atoms with E-state index in [0.29, 0.717) is 17.2 Å². The molecule has 3 rings (SSSR count). The topological polar surface area (TPSA) is 93.7 Å². The van der Waals surface area contributed by atoms with Crippen LogP contribution in [-0.4, -0.2) is 27.4 Å². The van der Waals surface area contributed by atoms with E-state index in [2.05, 4.69) is 10.0 Å². The van der Waals surface area contributed by atoms with Gasteiger partial charge in [0.05, 0.1) is 17.5 Å². The first-order valence-electron chi connectivity index (χ1n) is 6.70. The number of para-hydroxylation sites is 1. The van der Waals surface area contributed by atoms with E-state index in [9.17, 15) is 13.2 Å². The zero-order valence-electron chi connectivity index (χ0n) is 12.2. The molecule has 2 aromatic rings. The molecular formula is C15H14N2O5S. The lowest BCUT2D eigenvalue weighted by Gasteiger charge is -2.11. The average Bonchev–Trinajstić information content (AvgIpc) is 2.93. The van der Waals surface area contributed by atoms with E-state index in [1.54, 1.807) is 30.3 Å². The number of benzene rings is 2. The second-order valence-corrected chi connectivity index (χ2v) is 6.69. The van der Waals surface area contributed by atoms with Gasteiger partial charge in [0.25, 0.3) is 5.91 Å². The number of amides is 1. The highest BCUT2D eigenvalue weighted by molar-refractivity contribution is 7.92. The molecule has 0 spiro atoms. The number of carbonyl (C=O) groups is 1. The molecule has 120 valence electrons. The third-order valence-corrected chi connectivity index (χ3v) is 3.69. The predicted octanol–water partition coefficient (Wildman–Crippen LogP) is 2.04. The first-order chi connectivity index (χ1) is 10.9. The number of anilines is 2. The van der Waals surface area contributed by atoms with E-state index in [-0.39, 0.29) is 18.0 Å². The molecule has 0 saturated carbocycles. The molecule has 1 heterocycles. The van der Waals surface area contributed by atoms with Crippen molar-refractivity contribution in [3.05, 3.63) is 48.0 Å². The molecule has 1 aliphatic heterocycles. The molecule has 0 aromatic heterocycles. The predicted molar refractivity (Wildman–Crippen MR) is 85.4 cm³/mol. The highest BCUT2D eigenvalue weighted by atomic mass is 32.2. The van der Waals surface area contributed by atoms with Crippen LogP contribution < -0.4 is 19.5 Å². The standard InChI is InChI=1S/C15H14N2O5S/c1-23(19,20)17-12-5-3-2-4-11(12)15(18)16-10-6-7-13-14(8-10)22-9-21-13/h2-8,17H,9H2,1H3,(H,16,18). The van der Waals surface area contributed by atoms with Crippen LogP contribution in [0.3, 0.4) is 0 Å². The number of hydrogen-bond acceptors (Lipinski definition) is 5. The zero-order valence-corrected chi connectivity index (χ0v) is 13.0. The number of carbonyl (C=O) groups excluding carboxylic acids is 1. The van der Waals surface area contributed by atoms with Gasteiger partial charge >= 0.3 is 0 Å². The van der Waals surface area contributed by atoms with Crippen molar-refractivity contribution in [2.24, 2.45) is 0 Å². The van der Waals surface area contributed by atoms with Crippen molar-refractivity contribution >= 4 is 27.3 Å². The first-order valence-corrected chi connectivity index (χ1v) is 8.59. The quantitative estimate of drug-likeness (QED) is 0.892. The summed E-state index contributed by atoms with van der Waals surface area (Å²) in [7, 11) is -3.48. The smallest absolute Gasteiger partial charge is 0.257 e. The largest absolute Gasteiger partial charge is 0.454 e. The number of nitrogens with one attached hydrogen (secondary N) is 2. The van der Waals surface area contributed by atoms with Crippen molar-refractivity contribution in [2.75, 3.05) is 23.1 Å². The molecular weight excluding hydrogens is 320 g/mol. The van der Waals surface area contributed by atoms with E-state index in [4.69, 9.17) is 9.47 Å². The average molecular weight is 334 g/mol. The maximum absolute atomic E-state index is 12.4. The Morgan fingerprint density at radius 1 is 1.09 bits per heavy atom. The SMILES string of the molecule is CS(=O)(=O)Nc1ccccc1C(=O)Nc1ccc2c(c1)OCO2. The summed E-state index contributed by atoms with van der Waals surface area (Å²) in [6.45, 7) is 0.147. The van der Waals surface area contributed by atoms with Gasteiger partial charge in [0.15, 0.2) is 11.5 Å². The van der Waals surface area contributed by atoms with Gasteiger partial charge in [-0.05, 0) is 24.3 Å². The molecule has 0 aliphatic carbocycles. The maximum Gasteiger partial charge on any atom is 0.257 e. The van der Waals surface area contributed by atoms with Gasteiger partial charge in [-0.3, -0.25) is 9.52 Å². The van der Waals surface area contributed by atoms with Crippen LogP contribution in [0.5, 0.6) is 11.5 Å². The van der Waals surface area contributed by atoms with Crippen molar-refractivity contribution in [1.82, 2.24) is 0 Å². The number of ether oxygens (including phenoxy) is 2. The fourth-order valence-electron chi connectivity index (χ4n) is 2.14. The lowest BCUT2D eigenvalue weighted by molar-refractivity contribution is 0.102. The summed E-state index contributed by atoms with van der Waals surface area (Å²) in [5.41, 5.74) is 0.956. The zero-order chi connectivity index (χ0) is 16.4. The molecule has 0 radical (unpaired) electrons. The second-order valence-electron chi connectivity index (χ2n) is 4.94. The van der Waals surface area contributed by atoms with E-state index in [1.807, 2.05) is 0 Å². The van der Waals surface area contributed by atoms with Crippen LogP contribution in [0.25, 0.3) is 0 Å². The van der Waals surface area contributed by atoms with Crippen LogP contribution in [0.2, 0.25) is 0 Å². The van der Waals surface area contributed by atoms with Crippen LogP contribution in [0, 0.1) is 0 Å². The molecule has 23 heavy (non-hydrogen) atoms. The number of fused-ring (bicyclic) bond motifs is 1. The summed E-state index contributed by atoms with van der Waals surface area (Å²) in [5, 5.41) is 2.70. The minimum absolute atomic E-state index is 0.147. The van der Waals surface area contributed by atoms with Gasteiger partial charge in [0.1, 0.15) is 0 Å². The summed E-state index contributed by atoms with van der Waals surface area (Å²) < 4.78 is 35.6. The Labute approximate surface area is 133 Å². The third kappa shape index (κ3) is 3.54. The molecule has 1 aliphatic rings. The van der Waals surface area contributed by atoms with Crippen molar-refractivity contribution in [3.63, 3.8) is 0 Å². The van der Waals surface area contributed by atoms with Crippen molar-refractivity contribution in [2.45, 2.75) is 0 Å². The van der Waals surface area contributed by atoms with E-state index in [0.717, 1.165) is 6.26 Å².